The summed E-state index contributed by atoms with van der Waals surface area (Å²) in [4.78, 5) is 29.5. The molecule has 4 heteroatoms. The second-order valence-electron chi connectivity index (χ2n) is 8.91. The van der Waals surface area contributed by atoms with Gasteiger partial charge < -0.3 is 9.80 Å². The predicted octanol–water partition coefficient (Wildman–Crippen LogP) is 3.36. The summed E-state index contributed by atoms with van der Waals surface area (Å²) in [5.41, 5.74) is 1.39. The largest absolute Gasteiger partial charge is 0.342 e. The van der Waals surface area contributed by atoms with E-state index >= 15 is 0 Å². The van der Waals surface area contributed by atoms with Crippen LogP contribution >= 0.6 is 0 Å². The summed E-state index contributed by atoms with van der Waals surface area (Å²) in [6.07, 6.45) is 6.25. The van der Waals surface area contributed by atoms with E-state index in [4.69, 9.17) is 0 Å². The number of hydrogen-bond donors (Lipinski definition) is 0. The van der Waals surface area contributed by atoms with Crippen molar-refractivity contribution in [3.05, 3.63) is 35.9 Å². The number of benzene rings is 1. The second-order valence-corrected chi connectivity index (χ2v) is 8.91. The van der Waals surface area contributed by atoms with Gasteiger partial charge in [0.15, 0.2) is 0 Å². The van der Waals surface area contributed by atoms with E-state index in [2.05, 4.69) is 37.3 Å². The van der Waals surface area contributed by atoms with E-state index in [1.54, 1.807) is 0 Å². The summed E-state index contributed by atoms with van der Waals surface area (Å²) in [5.74, 6) is 1.79. The van der Waals surface area contributed by atoms with Crippen molar-refractivity contribution in [3.8, 4) is 0 Å². The fraction of sp³-hybridized carbons (Fsp3) is 0.652. The fourth-order valence-corrected chi connectivity index (χ4v) is 4.74. The first-order valence-corrected chi connectivity index (χ1v) is 10.7. The lowest BCUT2D eigenvalue weighted by Crippen LogP contribution is -2.42. The molecule has 3 aliphatic rings. The monoisotopic (exact) mass is 368 g/mol. The Labute approximate surface area is 162 Å². The van der Waals surface area contributed by atoms with Crippen molar-refractivity contribution in [2.24, 2.45) is 23.7 Å². The number of rotatable bonds is 4. The van der Waals surface area contributed by atoms with Crippen molar-refractivity contribution < 1.29 is 9.59 Å². The van der Waals surface area contributed by atoms with Gasteiger partial charge in [-0.05, 0) is 55.9 Å². The number of carbonyl (C=O) groups is 2. The Bertz CT molecular complexity index is 658. The molecule has 4 rings (SSSR count). The van der Waals surface area contributed by atoms with Crippen LogP contribution in [0.15, 0.2) is 30.3 Å². The Kier molecular flexibility index (Phi) is 5.51. The molecule has 146 valence electrons. The maximum Gasteiger partial charge on any atom is 0.226 e. The fourth-order valence-electron chi connectivity index (χ4n) is 4.74. The van der Waals surface area contributed by atoms with Crippen LogP contribution < -0.4 is 0 Å². The molecule has 2 heterocycles. The summed E-state index contributed by atoms with van der Waals surface area (Å²) in [6, 6.07) is 10.6. The van der Waals surface area contributed by atoms with Gasteiger partial charge in [0, 0.05) is 26.2 Å². The standard InChI is InChI=1S/C23H32N2O2/c1-17-7-11-24(12-8-17)22(26)20-16-21(20)23(27)25-13-9-19(10-14-25)15-18-5-3-2-4-6-18/h2-6,17,19-21H,7-16H2,1H3. The van der Waals surface area contributed by atoms with E-state index in [9.17, 15) is 9.59 Å². The predicted molar refractivity (Wildman–Crippen MR) is 106 cm³/mol. The summed E-state index contributed by atoms with van der Waals surface area (Å²) < 4.78 is 0. The molecule has 0 aromatic heterocycles. The molecule has 3 fully saturated rings. The van der Waals surface area contributed by atoms with Crippen LogP contribution in [-0.4, -0.2) is 47.8 Å². The third-order valence-corrected chi connectivity index (χ3v) is 6.81. The zero-order valence-corrected chi connectivity index (χ0v) is 16.5. The molecule has 2 unspecified atom stereocenters. The van der Waals surface area contributed by atoms with Gasteiger partial charge in [0.2, 0.25) is 11.8 Å². The van der Waals surface area contributed by atoms with Gasteiger partial charge in [0.25, 0.3) is 0 Å². The molecule has 2 amide bonds. The van der Waals surface area contributed by atoms with Gasteiger partial charge in [-0.1, -0.05) is 37.3 Å². The van der Waals surface area contributed by atoms with Gasteiger partial charge in [-0.15, -0.1) is 0 Å². The highest BCUT2D eigenvalue weighted by atomic mass is 16.2. The van der Waals surface area contributed by atoms with Crippen LogP contribution in [0.25, 0.3) is 0 Å². The van der Waals surface area contributed by atoms with Crippen LogP contribution in [0.4, 0.5) is 0 Å². The van der Waals surface area contributed by atoms with Crippen molar-refractivity contribution in [2.75, 3.05) is 26.2 Å². The Morgan fingerprint density at radius 3 is 1.93 bits per heavy atom. The number of piperidine rings is 2. The molecule has 1 aromatic carbocycles. The molecule has 2 atom stereocenters. The Morgan fingerprint density at radius 2 is 1.37 bits per heavy atom. The van der Waals surface area contributed by atoms with Crippen molar-refractivity contribution in [3.63, 3.8) is 0 Å². The van der Waals surface area contributed by atoms with E-state index < -0.39 is 0 Å². The highest BCUT2D eigenvalue weighted by Crippen LogP contribution is 2.42. The molecular weight excluding hydrogens is 336 g/mol. The van der Waals surface area contributed by atoms with Crippen molar-refractivity contribution >= 4 is 11.8 Å². The van der Waals surface area contributed by atoms with Crippen molar-refractivity contribution in [1.82, 2.24) is 9.80 Å². The highest BCUT2D eigenvalue weighted by molar-refractivity contribution is 5.92. The topological polar surface area (TPSA) is 40.6 Å². The summed E-state index contributed by atoms with van der Waals surface area (Å²) in [5, 5.41) is 0. The van der Waals surface area contributed by atoms with Crippen molar-refractivity contribution in [2.45, 2.75) is 45.4 Å². The molecule has 27 heavy (non-hydrogen) atoms. The minimum atomic E-state index is -0.0393. The zero-order valence-electron chi connectivity index (χ0n) is 16.5. The Balaban J connectivity index is 1.23. The minimum Gasteiger partial charge on any atom is -0.342 e. The number of hydrogen-bond acceptors (Lipinski definition) is 2. The van der Waals surface area contributed by atoms with Crippen LogP contribution in [0, 0.1) is 23.7 Å². The number of nitrogens with zero attached hydrogens (tertiary/aromatic N) is 2. The van der Waals surface area contributed by atoms with Crippen molar-refractivity contribution in [1.29, 1.82) is 0 Å². The van der Waals surface area contributed by atoms with Crippen LogP contribution in [0.1, 0.15) is 44.6 Å². The zero-order chi connectivity index (χ0) is 18.8. The lowest BCUT2D eigenvalue weighted by Gasteiger charge is -2.33. The lowest BCUT2D eigenvalue weighted by atomic mass is 9.90. The molecule has 0 spiro atoms. The van der Waals surface area contributed by atoms with Gasteiger partial charge in [0.1, 0.15) is 0 Å². The Hall–Kier alpha value is -1.84. The number of carbonyl (C=O) groups excluding carboxylic acids is 2. The molecule has 0 bridgehead atoms. The summed E-state index contributed by atoms with van der Waals surface area (Å²) in [7, 11) is 0. The van der Waals surface area contributed by atoms with E-state index in [1.165, 1.54) is 5.56 Å². The van der Waals surface area contributed by atoms with Crippen LogP contribution in [0.3, 0.4) is 0 Å². The van der Waals surface area contributed by atoms with Gasteiger partial charge in [-0.25, -0.2) is 0 Å². The first kappa shape index (κ1) is 18.5. The molecule has 1 saturated carbocycles. The SMILES string of the molecule is CC1CCN(C(=O)C2CC2C(=O)N2CCC(Cc3ccccc3)CC2)CC1. The normalized spacial score (nSPS) is 26.9. The van der Waals surface area contributed by atoms with Crippen LogP contribution in [0.5, 0.6) is 0 Å². The second kappa shape index (κ2) is 8.04. The van der Waals surface area contributed by atoms with Crippen LogP contribution in [-0.2, 0) is 16.0 Å². The smallest absolute Gasteiger partial charge is 0.226 e. The molecule has 0 N–H and O–H groups in total. The number of likely N-dealkylation sites (tertiary alicyclic amines) is 2. The molecule has 1 aromatic rings. The average Bonchev–Trinajstić information content (AvgIpc) is 3.50. The van der Waals surface area contributed by atoms with E-state index in [1.807, 2.05) is 9.80 Å². The first-order valence-electron chi connectivity index (χ1n) is 10.7. The molecular formula is C23H32N2O2. The minimum absolute atomic E-state index is 0.0343. The van der Waals surface area contributed by atoms with Gasteiger partial charge in [0.05, 0.1) is 11.8 Å². The average molecular weight is 369 g/mol. The molecule has 2 saturated heterocycles. The molecule has 1 aliphatic carbocycles. The van der Waals surface area contributed by atoms with Crippen LogP contribution in [0.2, 0.25) is 0 Å². The van der Waals surface area contributed by atoms with E-state index in [-0.39, 0.29) is 23.7 Å². The van der Waals surface area contributed by atoms with E-state index in [0.29, 0.717) is 5.92 Å². The van der Waals surface area contributed by atoms with Gasteiger partial charge in [-0.3, -0.25) is 9.59 Å². The third-order valence-electron chi connectivity index (χ3n) is 6.81. The molecule has 0 radical (unpaired) electrons. The quantitative estimate of drug-likeness (QED) is 0.818. The summed E-state index contributed by atoms with van der Waals surface area (Å²) >= 11 is 0. The number of amides is 2. The van der Waals surface area contributed by atoms with Gasteiger partial charge >= 0.3 is 0 Å². The molecule has 4 nitrogen and oxygen atoms in total. The Morgan fingerprint density at radius 1 is 0.852 bits per heavy atom. The van der Waals surface area contributed by atoms with Gasteiger partial charge in [-0.2, -0.15) is 0 Å². The first-order chi connectivity index (χ1) is 13.1. The third kappa shape index (κ3) is 4.36. The molecule has 2 aliphatic heterocycles. The highest BCUT2D eigenvalue weighted by Gasteiger charge is 2.51. The summed E-state index contributed by atoms with van der Waals surface area (Å²) in [6.45, 7) is 5.72. The lowest BCUT2D eigenvalue weighted by molar-refractivity contribution is -0.139. The van der Waals surface area contributed by atoms with E-state index in [0.717, 1.165) is 70.6 Å². The maximum atomic E-state index is 12.8. The maximum absolute atomic E-state index is 12.8.